The van der Waals surface area contributed by atoms with E-state index in [1.54, 1.807) is 24.3 Å². The van der Waals surface area contributed by atoms with E-state index < -0.39 is 76.7 Å². The Kier molecular flexibility index (Phi) is 32.0. The van der Waals surface area contributed by atoms with Crippen LogP contribution in [0.5, 0.6) is 0 Å². The minimum Gasteiger partial charge on any atom is -0.462 e. The maximum absolute atomic E-state index is 12.8. The fraction of sp³-hybridized carbons (Fsp3) is 0.773. The van der Waals surface area contributed by atoms with Gasteiger partial charge in [0.1, 0.15) is 12.7 Å². The summed E-state index contributed by atoms with van der Waals surface area (Å²) in [6.07, 6.45) is 29.1. The lowest BCUT2D eigenvalue weighted by Gasteiger charge is -2.20. The van der Waals surface area contributed by atoms with Crippen molar-refractivity contribution in [1.29, 1.82) is 0 Å². The molecule has 336 valence electrons. The molecule has 1 fully saturated rings. The van der Waals surface area contributed by atoms with E-state index in [9.17, 15) is 39.5 Å². The summed E-state index contributed by atoms with van der Waals surface area (Å²) in [7, 11) is -4.72. The maximum Gasteiger partial charge on any atom is 0.472 e. The molecule has 1 saturated carbocycles. The second-order valence-corrected chi connectivity index (χ2v) is 16.8. The number of allylic oxidation sites excluding steroid dienone is 5. The van der Waals surface area contributed by atoms with E-state index in [1.807, 2.05) is 0 Å². The Labute approximate surface area is 348 Å². The van der Waals surface area contributed by atoms with Crippen LogP contribution in [-0.4, -0.2) is 99.3 Å². The summed E-state index contributed by atoms with van der Waals surface area (Å²) in [5, 5.41) is 49.7. The third kappa shape index (κ3) is 28.3. The van der Waals surface area contributed by atoms with E-state index in [-0.39, 0.29) is 31.1 Å². The average Bonchev–Trinajstić information content (AvgIpc) is 3.47. The molecule has 1 aliphatic rings. The number of carbonyl (C=O) groups excluding carboxylic acids is 2. The van der Waals surface area contributed by atoms with Crippen molar-refractivity contribution in [2.75, 3.05) is 26.4 Å². The lowest BCUT2D eigenvalue weighted by molar-refractivity contribution is -0.160. The van der Waals surface area contributed by atoms with Crippen molar-refractivity contribution >= 4 is 19.8 Å². The van der Waals surface area contributed by atoms with Crippen molar-refractivity contribution in [3.8, 4) is 0 Å². The second-order valence-electron chi connectivity index (χ2n) is 15.4. The number of rotatable bonds is 36. The zero-order valence-electron chi connectivity index (χ0n) is 35.3. The Morgan fingerprint density at radius 2 is 1.36 bits per heavy atom. The molecule has 8 atom stereocenters. The predicted molar refractivity (Wildman–Crippen MR) is 226 cm³/mol. The number of carbonyl (C=O) groups is 2. The first-order chi connectivity index (χ1) is 27.9. The average molecular weight is 845 g/mol. The quantitative estimate of drug-likeness (QED) is 0.0155. The predicted octanol–water partition coefficient (Wildman–Crippen LogP) is 7.71. The summed E-state index contributed by atoms with van der Waals surface area (Å²) >= 11 is 0. The van der Waals surface area contributed by atoms with Gasteiger partial charge in [0.25, 0.3) is 0 Å². The topological polar surface area (TPSA) is 210 Å². The molecule has 0 aromatic carbocycles. The summed E-state index contributed by atoms with van der Waals surface area (Å²) in [4.78, 5) is 35.2. The highest BCUT2D eigenvalue weighted by Gasteiger charge is 2.39. The summed E-state index contributed by atoms with van der Waals surface area (Å²) in [5.74, 6) is -1.92. The lowest BCUT2D eigenvalue weighted by atomic mass is 9.89. The van der Waals surface area contributed by atoms with Gasteiger partial charge >= 0.3 is 19.8 Å². The standard InChI is InChI=1S/C44H77O13P/c1-3-5-7-8-9-10-11-12-13-14-15-16-17-18-19-20-22-27-43(50)54-34-38(35-56-58(52,53)55-33-37(47)32-45)57-44(51)28-24-23-26-39-40(42(49)31-41(39)48)30-29-36(46)25-21-6-4-2/h9-10,12-13,23-24,29-30,36-42,45-49H,3-8,11,14-22,25-28,31-35H2,1-2H3,(H,52,53)/b10-9-,13-12-,24-23-,30-29+/t36-,37+,38-,39+,40-,41+,42-/m1/s1. The zero-order valence-corrected chi connectivity index (χ0v) is 36.2. The molecule has 0 spiro atoms. The van der Waals surface area contributed by atoms with Crippen LogP contribution in [0.3, 0.4) is 0 Å². The monoisotopic (exact) mass is 845 g/mol. The van der Waals surface area contributed by atoms with Gasteiger partial charge in [-0.05, 0) is 57.3 Å². The first-order valence-corrected chi connectivity index (χ1v) is 23.3. The highest BCUT2D eigenvalue weighted by Crippen LogP contribution is 2.43. The van der Waals surface area contributed by atoms with Crippen molar-refractivity contribution in [2.24, 2.45) is 11.8 Å². The van der Waals surface area contributed by atoms with Crippen LogP contribution in [-0.2, 0) is 32.7 Å². The van der Waals surface area contributed by atoms with Crippen molar-refractivity contribution in [2.45, 2.75) is 179 Å². The van der Waals surface area contributed by atoms with Crippen molar-refractivity contribution < 1.29 is 63.1 Å². The second kappa shape index (κ2) is 34.5. The first-order valence-electron chi connectivity index (χ1n) is 21.9. The molecule has 13 nitrogen and oxygen atoms in total. The van der Waals surface area contributed by atoms with E-state index in [4.69, 9.17) is 19.1 Å². The van der Waals surface area contributed by atoms with Gasteiger partial charge in [-0.25, -0.2) is 4.57 Å². The van der Waals surface area contributed by atoms with Gasteiger partial charge in [0.05, 0.1) is 44.6 Å². The Bertz CT molecular complexity index is 1220. The van der Waals surface area contributed by atoms with Crippen LogP contribution in [0, 0.1) is 11.8 Å². The van der Waals surface area contributed by atoms with Gasteiger partial charge in [0.2, 0.25) is 0 Å². The number of esters is 2. The van der Waals surface area contributed by atoms with E-state index in [1.165, 1.54) is 32.1 Å². The summed E-state index contributed by atoms with van der Waals surface area (Å²) in [6, 6.07) is 0. The molecular formula is C44H77O13P. The summed E-state index contributed by atoms with van der Waals surface area (Å²) in [5.41, 5.74) is 0. The SMILES string of the molecule is CCCCC/C=C\C/C=C\CCCCCCCCCC(=O)OC[C@H](COP(=O)(O)OC[C@@H](O)CO)OC(=O)C/C=C\C[C@H]1[C@@H](/C=C/[C@H](O)CCCCC)[C@H](O)C[C@@H]1O. The molecule has 1 rings (SSSR count). The van der Waals surface area contributed by atoms with Crippen LogP contribution >= 0.6 is 7.82 Å². The van der Waals surface area contributed by atoms with Crippen LogP contribution in [0.1, 0.15) is 149 Å². The maximum atomic E-state index is 12.8. The molecule has 58 heavy (non-hydrogen) atoms. The van der Waals surface area contributed by atoms with Gasteiger partial charge in [-0.3, -0.25) is 18.6 Å². The van der Waals surface area contributed by atoms with Gasteiger partial charge in [-0.2, -0.15) is 0 Å². The fourth-order valence-electron chi connectivity index (χ4n) is 6.59. The molecule has 0 heterocycles. The van der Waals surface area contributed by atoms with Gasteiger partial charge in [0, 0.05) is 18.8 Å². The van der Waals surface area contributed by atoms with Crippen LogP contribution in [0.25, 0.3) is 0 Å². The third-order valence-corrected chi connectivity index (χ3v) is 11.0. The number of hydrogen-bond donors (Lipinski definition) is 6. The molecule has 6 N–H and O–H groups in total. The molecular weight excluding hydrogens is 767 g/mol. The minimum atomic E-state index is -4.72. The van der Waals surface area contributed by atoms with Gasteiger partial charge in [-0.1, -0.05) is 127 Å². The molecule has 0 amide bonds. The molecule has 0 aliphatic heterocycles. The highest BCUT2D eigenvalue weighted by molar-refractivity contribution is 7.47. The van der Waals surface area contributed by atoms with E-state index in [0.29, 0.717) is 19.3 Å². The van der Waals surface area contributed by atoms with Crippen LogP contribution in [0.2, 0.25) is 0 Å². The van der Waals surface area contributed by atoms with E-state index in [0.717, 1.165) is 64.2 Å². The van der Waals surface area contributed by atoms with Crippen LogP contribution < -0.4 is 0 Å². The van der Waals surface area contributed by atoms with Crippen molar-refractivity contribution in [3.63, 3.8) is 0 Å². The Hall–Kier alpha value is -2.19. The molecule has 0 saturated heterocycles. The number of unbranched alkanes of at least 4 members (excludes halogenated alkanes) is 12. The normalized spacial score (nSPS) is 21.3. The third-order valence-electron chi connectivity index (χ3n) is 10.1. The zero-order chi connectivity index (χ0) is 42.9. The Morgan fingerprint density at radius 3 is 2.03 bits per heavy atom. The molecule has 14 heteroatoms. The Balaban J connectivity index is 2.52. The van der Waals surface area contributed by atoms with Gasteiger partial charge < -0.3 is 39.9 Å². The molecule has 0 bridgehead atoms. The molecule has 0 aromatic rings. The minimum absolute atomic E-state index is 0.165. The fourth-order valence-corrected chi connectivity index (χ4v) is 7.38. The molecule has 1 unspecified atom stereocenters. The Morgan fingerprint density at radius 1 is 0.741 bits per heavy atom. The number of hydrogen-bond acceptors (Lipinski definition) is 12. The number of ether oxygens (including phenoxy) is 2. The molecule has 0 aromatic heterocycles. The van der Waals surface area contributed by atoms with Crippen molar-refractivity contribution in [3.05, 3.63) is 48.6 Å². The number of aliphatic hydroxyl groups is 5. The summed E-state index contributed by atoms with van der Waals surface area (Å²) < 4.78 is 32.6. The van der Waals surface area contributed by atoms with E-state index >= 15 is 0 Å². The number of phosphoric ester groups is 1. The van der Waals surface area contributed by atoms with Gasteiger partial charge in [0.15, 0.2) is 6.10 Å². The largest absolute Gasteiger partial charge is 0.472 e. The smallest absolute Gasteiger partial charge is 0.462 e. The van der Waals surface area contributed by atoms with Crippen molar-refractivity contribution in [1.82, 2.24) is 0 Å². The molecule has 0 radical (unpaired) electrons. The number of phosphoric acid groups is 1. The highest BCUT2D eigenvalue weighted by atomic mass is 31.2. The van der Waals surface area contributed by atoms with E-state index in [2.05, 4.69) is 42.7 Å². The van der Waals surface area contributed by atoms with Crippen LogP contribution in [0.4, 0.5) is 0 Å². The van der Waals surface area contributed by atoms with Gasteiger partial charge in [-0.15, -0.1) is 0 Å². The molecule has 1 aliphatic carbocycles. The summed E-state index contributed by atoms with van der Waals surface area (Å²) in [6.45, 7) is 1.85. The number of aliphatic hydroxyl groups excluding tert-OH is 5. The van der Waals surface area contributed by atoms with Crippen LogP contribution in [0.15, 0.2) is 48.6 Å². The lowest BCUT2D eigenvalue weighted by Crippen LogP contribution is -2.29. The first kappa shape index (κ1) is 53.8.